The Morgan fingerprint density at radius 1 is 1.47 bits per heavy atom. The van der Waals surface area contributed by atoms with Gasteiger partial charge >= 0.3 is 5.97 Å². The Morgan fingerprint density at radius 2 is 2.16 bits per heavy atom. The van der Waals surface area contributed by atoms with Gasteiger partial charge in [0.05, 0.1) is 10.6 Å². The van der Waals surface area contributed by atoms with Crippen molar-refractivity contribution < 1.29 is 9.53 Å². The van der Waals surface area contributed by atoms with E-state index >= 15 is 0 Å². The summed E-state index contributed by atoms with van der Waals surface area (Å²) in [4.78, 5) is 14.4. The Balaban J connectivity index is 1.94. The van der Waals surface area contributed by atoms with Crippen molar-refractivity contribution in [3.8, 4) is 0 Å². The van der Waals surface area contributed by atoms with Crippen LogP contribution in [0.25, 0.3) is 0 Å². The van der Waals surface area contributed by atoms with Crippen molar-refractivity contribution >= 4 is 23.3 Å². The van der Waals surface area contributed by atoms with Crippen molar-refractivity contribution in [1.29, 1.82) is 0 Å². The van der Waals surface area contributed by atoms with Crippen LogP contribution in [0.2, 0.25) is 5.02 Å². The van der Waals surface area contributed by atoms with Crippen LogP contribution in [0.4, 0.5) is 5.69 Å². The molecule has 2 rings (SSSR count). The van der Waals surface area contributed by atoms with Crippen molar-refractivity contribution in [2.75, 3.05) is 25.4 Å². The second-order valence-electron chi connectivity index (χ2n) is 4.78. The molecule has 19 heavy (non-hydrogen) atoms. The second-order valence-corrected chi connectivity index (χ2v) is 5.19. The van der Waals surface area contributed by atoms with Gasteiger partial charge in [0.1, 0.15) is 6.10 Å². The second kappa shape index (κ2) is 6.26. The summed E-state index contributed by atoms with van der Waals surface area (Å²) in [7, 11) is 0. The maximum atomic E-state index is 12.0. The van der Waals surface area contributed by atoms with E-state index < -0.39 is 0 Å². The molecule has 104 valence electrons. The molecule has 0 saturated carbocycles. The topological polar surface area (TPSA) is 55.6 Å². The van der Waals surface area contributed by atoms with Crippen LogP contribution in [0.1, 0.15) is 30.1 Å². The Bertz CT molecular complexity index is 457. The third kappa shape index (κ3) is 3.61. The van der Waals surface area contributed by atoms with Gasteiger partial charge in [0.15, 0.2) is 0 Å². The zero-order valence-electron chi connectivity index (χ0n) is 11.1. The highest BCUT2D eigenvalue weighted by molar-refractivity contribution is 6.33. The number of likely N-dealkylation sites (tertiary alicyclic amines) is 1. The summed E-state index contributed by atoms with van der Waals surface area (Å²) in [6.07, 6.45) is 1.75. The van der Waals surface area contributed by atoms with Gasteiger partial charge in [0.2, 0.25) is 0 Å². The van der Waals surface area contributed by atoms with Crippen molar-refractivity contribution in [3.63, 3.8) is 0 Å². The lowest BCUT2D eigenvalue weighted by Crippen LogP contribution is -2.37. The number of anilines is 1. The number of hydrogen-bond donors (Lipinski definition) is 1. The smallest absolute Gasteiger partial charge is 0.339 e. The average Bonchev–Trinajstić information content (AvgIpc) is 2.39. The normalized spacial score (nSPS) is 17.4. The molecule has 0 radical (unpaired) electrons. The molecule has 0 spiro atoms. The minimum atomic E-state index is -0.361. The molecule has 0 amide bonds. The third-order valence-electron chi connectivity index (χ3n) is 3.47. The summed E-state index contributed by atoms with van der Waals surface area (Å²) < 4.78 is 5.50. The van der Waals surface area contributed by atoms with Gasteiger partial charge in [-0.3, -0.25) is 0 Å². The van der Waals surface area contributed by atoms with Gasteiger partial charge in [0, 0.05) is 18.8 Å². The Hall–Kier alpha value is -1.26. The molecule has 1 aliphatic rings. The molecule has 5 heteroatoms. The molecule has 1 aromatic carbocycles. The van der Waals surface area contributed by atoms with Crippen LogP contribution in [0.3, 0.4) is 0 Å². The zero-order chi connectivity index (χ0) is 13.8. The van der Waals surface area contributed by atoms with Crippen LogP contribution in [0.5, 0.6) is 0 Å². The highest BCUT2D eigenvalue weighted by Crippen LogP contribution is 2.22. The minimum Gasteiger partial charge on any atom is -0.459 e. The monoisotopic (exact) mass is 282 g/mol. The lowest BCUT2D eigenvalue weighted by Gasteiger charge is -2.30. The van der Waals surface area contributed by atoms with Gasteiger partial charge in [-0.2, -0.15) is 0 Å². The summed E-state index contributed by atoms with van der Waals surface area (Å²) >= 11 is 6.00. The SMILES string of the molecule is CCN1CCC(OC(=O)c2ccc(N)cc2Cl)CC1. The fourth-order valence-corrected chi connectivity index (χ4v) is 2.52. The van der Waals surface area contributed by atoms with Crippen LogP contribution in [-0.4, -0.2) is 36.6 Å². The number of esters is 1. The fourth-order valence-electron chi connectivity index (χ4n) is 2.26. The molecule has 2 N–H and O–H groups in total. The van der Waals surface area contributed by atoms with Crippen LogP contribution in [-0.2, 0) is 4.74 Å². The third-order valence-corrected chi connectivity index (χ3v) is 3.78. The molecule has 1 heterocycles. The first-order valence-electron chi connectivity index (χ1n) is 6.58. The van der Waals surface area contributed by atoms with E-state index in [1.807, 2.05) is 0 Å². The molecule has 0 bridgehead atoms. The van der Waals surface area contributed by atoms with Crippen molar-refractivity contribution in [2.24, 2.45) is 0 Å². The number of benzene rings is 1. The molecule has 0 unspecified atom stereocenters. The summed E-state index contributed by atoms with van der Waals surface area (Å²) in [5.74, 6) is -0.361. The first-order chi connectivity index (χ1) is 9.10. The molecule has 1 aliphatic heterocycles. The lowest BCUT2D eigenvalue weighted by atomic mass is 10.1. The molecule has 4 nitrogen and oxygen atoms in total. The van der Waals surface area contributed by atoms with E-state index in [-0.39, 0.29) is 12.1 Å². The van der Waals surface area contributed by atoms with E-state index in [9.17, 15) is 4.79 Å². The average molecular weight is 283 g/mol. The number of nitrogen functional groups attached to an aromatic ring is 1. The maximum Gasteiger partial charge on any atom is 0.339 e. The van der Waals surface area contributed by atoms with E-state index in [4.69, 9.17) is 22.1 Å². The number of ether oxygens (including phenoxy) is 1. The number of piperidine rings is 1. The predicted molar refractivity (Wildman–Crippen MR) is 76.4 cm³/mol. The van der Waals surface area contributed by atoms with Gasteiger partial charge < -0.3 is 15.4 Å². The largest absolute Gasteiger partial charge is 0.459 e. The van der Waals surface area contributed by atoms with E-state index in [1.54, 1.807) is 18.2 Å². The van der Waals surface area contributed by atoms with Gasteiger partial charge in [-0.1, -0.05) is 18.5 Å². The molecular weight excluding hydrogens is 264 g/mol. The number of nitrogens with two attached hydrogens (primary N) is 1. The zero-order valence-corrected chi connectivity index (χ0v) is 11.8. The van der Waals surface area contributed by atoms with Crippen LogP contribution in [0.15, 0.2) is 18.2 Å². The number of rotatable bonds is 3. The first-order valence-corrected chi connectivity index (χ1v) is 6.96. The van der Waals surface area contributed by atoms with E-state index in [0.29, 0.717) is 16.3 Å². The highest BCUT2D eigenvalue weighted by atomic mass is 35.5. The highest BCUT2D eigenvalue weighted by Gasteiger charge is 2.22. The molecular formula is C14H19ClN2O2. The summed E-state index contributed by atoms with van der Waals surface area (Å²) in [5.41, 5.74) is 6.52. The quantitative estimate of drug-likeness (QED) is 0.684. The van der Waals surface area contributed by atoms with E-state index in [1.165, 1.54) is 0 Å². The number of halogens is 1. The predicted octanol–water partition coefficient (Wildman–Crippen LogP) is 2.56. The van der Waals surface area contributed by atoms with E-state index in [0.717, 1.165) is 32.5 Å². The molecule has 1 aromatic rings. The molecule has 1 saturated heterocycles. The van der Waals surface area contributed by atoms with Gasteiger partial charge in [-0.15, -0.1) is 0 Å². The minimum absolute atomic E-state index is 0.0103. The van der Waals surface area contributed by atoms with E-state index in [2.05, 4.69) is 11.8 Å². The standard InChI is InChI=1S/C14H19ClN2O2/c1-2-17-7-5-11(6-8-17)19-14(18)12-4-3-10(16)9-13(12)15/h3-4,9,11H,2,5-8,16H2,1H3. The molecule has 1 fully saturated rings. The lowest BCUT2D eigenvalue weighted by molar-refractivity contribution is 0.0119. The van der Waals surface area contributed by atoms with Crippen molar-refractivity contribution in [3.05, 3.63) is 28.8 Å². The van der Waals surface area contributed by atoms with Crippen molar-refractivity contribution in [2.45, 2.75) is 25.9 Å². The first kappa shape index (κ1) is 14.2. The summed E-state index contributed by atoms with van der Waals surface area (Å²) in [6.45, 7) is 5.14. The number of nitrogens with zero attached hydrogens (tertiary/aromatic N) is 1. The molecule has 0 aromatic heterocycles. The van der Waals surface area contributed by atoms with Crippen molar-refractivity contribution in [1.82, 2.24) is 4.90 Å². The Labute approximate surface area is 118 Å². The Kier molecular flexibility index (Phi) is 4.66. The van der Waals surface area contributed by atoms with Crippen LogP contribution >= 0.6 is 11.6 Å². The Morgan fingerprint density at radius 3 is 2.74 bits per heavy atom. The number of carbonyl (C=O) groups excluding carboxylic acids is 1. The van der Waals surface area contributed by atoms with Gasteiger partial charge in [-0.05, 0) is 37.6 Å². The van der Waals surface area contributed by atoms with Crippen LogP contribution < -0.4 is 5.73 Å². The molecule has 0 atom stereocenters. The fraction of sp³-hybridized carbons (Fsp3) is 0.500. The van der Waals surface area contributed by atoms with Gasteiger partial charge in [0.25, 0.3) is 0 Å². The van der Waals surface area contributed by atoms with Crippen LogP contribution in [0, 0.1) is 0 Å². The number of hydrogen-bond acceptors (Lipinski definition) is 4. The summed E-state index contributed by atoms with van der Waals surface area (Å²) in [5, 5.41) is 0.344. The molecule has 0 aliphatic carbocycles. The summed E-state index contributed by atoms with van der Waals surface area (Å²) in [6, 6.07) is 4.83. The van der Waals surface area contributed by atoms with Gasteiger partial charge in [-0.25, -0.2) is 4.79 Å². The maximum absolute atomic E-state index is 12.0. The number of carbonyl (C=O) groups is 1.